The molecule has 0 saturated heterocycles. The molecule has 0 fully saturated rings. The standard InChI is InChI=1S/C14H17NO2/c1-2-3-4-12-9-11-7-10(8-14(15)16)5-6-13(11)17-12/h5-7,9H,2-4,8H2,1H3,(H2,15,16). The Bertz CT molecular complexity index is 528. The molecule has 1 aromatic carbocycles. The lowest BCUT2D eigenvalue weighted by atomic mass is 10.1. The molecule has 3 heteroatoms. The van der Waals surface area contributed by atoms with Crippen molar-refractivity contribution in [3.8, 4) is 0 Å². The average molecular weight is 231 g/mol. The molecule has 0 unspecified atom stereocenters. The van der Waals surface area contributed by atoms with Crippen LogP contribution in [0.5, 0.6) is 0 Å². The van der Waals surface area contributed by atoms with E-state index in [-0.39, 0.29) is 12.3 Å². The second-order valence-electron chi connectivity index (χ2n) is 4.33. The maximum Gasteiger partial charge on any atom is 0.221 e. The summed E-state index contributed by atoms with van der Waals surface area (Å²) in [5.74, 6) is 0.706. The van der Waals surface area contributed by atoms with Gasteiger partial charge < -0.3 is 10.2 Å². The fraction of sp³-hybridized carbons (Fsp3) is 0.357. The van der Waals surface area contributed by atoms with Crippen LogP contribution in [0.1, 0.15) is 31.1 Å². The van der Waals surface area contributed by atoms with Gasteiger partial charge in [0.05, 0.1) is 6.42 Å². The number of carbonyl (C=O) groups is 1. The van der Waals surface area contributed by atoms with Crippen molar-refractivity contribution in [2.24, 2.45) is 5.73 Å². The van der Waals surface area contributed by atoms with E-state index in [4.69, 9.17) is 10.2 Å². The van der Waals surface area contributed by atoms with Gasteiger partial charge in [-0.25, -0.2) is 0 Å². The van der Waals surface area contributed by atoms with Crippen LogP contribution >= 0.6 is 0 Å². The van der Waals surface area contributed by atoms with Gasteiger partial charge in [-0.1, -0.05) is 19.4 Å². The van der Waals surface area contributed by atoms with Gasteiger partial charge in [0.2, 0.25) is 5.91 Å². The topological polar surface area (TPSA) is 56.2 Å². The molecule has 0 aliphatic rings. The van der Waals surface area contributed by atoms with Gasteiger partial charge in [0, 0.05) is 11.8 Å². The molecule has 1 aromatic heterocycles. The van der Waals surface area contributed by atoms with Gasteiger partial charge in [-0.15, -0.1) is 0 Å². The molecule has 0 atom stereocenters. The third-order valence-electron chi connectivity index (χ3n) is 2.79. The van der Waals surface area contributed by atoms with Gasteiger partial charge in [0.15, 0.2) is 0 Å². The first kappa shape index (κ1) is 11.7. The highest BCUT2D eigenvalue weighted by atomic mass is 16.3. The molecule has 1 amide bonds. The first-order chi connectivity index (χ1) is 8.19. The van der Waals surface area contributed by atoms with E-state index in [2.05, 4.69) is 13.0 Å². The SMILES string of the molecule is CCCCc1cc2cc(CC(N)=O)ccc2o1. The number of unbranched alkanes of at least 4 members (excludes halogenated alkanes) is 1. The van der Waals surface area contributed by atoms with Crippen molar-refractivity contribution in [1.29, 1.82) is 0 Å². The van der Waals surface area contributed by atoms with Gasteiger partial charge in [0.1, 0.15) is 11.3 Å². The number of carbonyl (C=O) groups excluding carboxylic acids is 1. The van der Waals surface area contributed by atoms with Crippen molar-refractivity contribution in [3.63, 3.8) is 0 Å². The molecule has 0 radical (unpaired) electrons. The molecule has 2 aromatic rings. The van der Waals surface area contributed by atoms with Crippen molar-refractivity contribution in [2.45, 2.75) is 32.6 Å². The summed E-state index contributed by atoms with van der Waals surface area (Å²) in [4.78, 5) is 10.9. The van der Waals surface area contributed by atoms with Crippen molar-refractivity contribution in [2.75, 3.05) is 0 Å². The number of benzene rings is 1. The summed E-state index contributed by atoms with van der Waals surface area (Å²) in [5.41, 5.74) is 6.99. The number of hydrogen-bond donors (Lipinski definition) is 1. The average Bonchev–Trinajstić information content (AvgIpc) is 2.67. The van der Waals surface area contributed by atoms with Crippen LogP contribution in [0.3, 0.4) is 0 Å². The van der Waals surface area contributed by atoms with E-state index in [1.165, 1.54) is 0 Å². The second-order valence-corrected chi connectivity index (χ2v) is 4.33. The molecule has 90 valence electrons. The molecule has 2 rings (SSSR count). The number of amides is 1. The van der Waals surface area contributed by atoms with Gasteiger partial charge in [0.25, 0.3) is 0 Å². The minimum absolute atomic E-state index is 0.283. The summed E-state index contributed by atoms with van der Waals surface area (Å²) in [5, 5.41) is 1.05. The number of furan rings is 1. The van der Waals surface area contributed by atoms with Gasteiger partial charge in [-0.05, 0) is 30.2 Å². The van der Waals surface area contributed by atoms with Crippen LogP contribution < -0.4 is 5.73 Å². The molecule has 0 spiro atoms. The number of nitrogens with two attached hydrogens (primary N) is 1. The summed E-state index contributed by atoms with van der Waals surface area (Å²) < 4.78 is 5.71. The molecule has 17 heavy (non-hydrogen) atoms. The Balaban J connectivity index is 2.24. The molecular formula is C14H17NO2. The number of fused-ring (bicyclic) bond motifs is 1. The lowest BCUT2D eigenvalue weighted by Gasteiger charge is -1.96. The third-order valence-corrected chi connectivity index (χ3v) is 2.79. The highest BCUT2D eigenvalue weighted by Gasteiger charge is 2.05. The van der Waals surface area contributed by atoms with E-state index in [0.717, 1.165) is 41.6 Å². The molecule has 0 saturated carbocycles. The summed E-state index contributed by atoms with van der Waals surface area (Å²) in [6.45, 7) is 2.16. The summed E-state index contributed by atoms with van der Waals surface area (Å²) in [7, 11) is 0. The summed E-state index contributed by atoms with van der Waals surface area (Å²) >= 11 is 0. The number of hydrogen-bond acceptors (Lipinski definition) is 2. The molecule has 0 aliphatic heterocycles. The Morgan fingerprint density at radius 3 is 2.88 bits per heavy atom. The van der Waals surface area contributed by atoms with E-state index >= 15 is 0 Å². The maximum atomic E-state index is 10.9. The van der Waals surface area contributed by atoms with Crippen LogP contribution in [0.4, 0.5) is 0 Å². The predicted octanol–water partition coefficient (Wildman–Crippen LogP) is 2.80. The molecule has 3 nitrogen and oxygen atoms in total. The highest BCUT2D eigenvalue weighted by molar-refractivity contribution is 5.82. The molecule has 2 N–H and O–H groups in total. The van der Waals surface area contributed by atoms with Crippen molar-refractivity contribution < 1.29 is 9.21 Å². The van der Waals surface area contributed by atoms with Crippen LogP contribution in [-0.4, -0.2) is 5.91 Å². The van der Waals surface area contributed by atoms with E-state index in [9.17, 15) is 4.79 Å². The number of primary amides is 1. The quantitative estimate of drug-likeness (QED) is 0.860. The zero-order valence-corrected chi connectivity index (χ0v) is 10.0. The fourth-order valence-corrected chi connectivity index (χ4v) is 1.93. The number of aryl methyl sites for hydroxylation is 1. The largest absolute Gasteiger partial charge is 0.461 e. The van der Waals surface area contributed by atoms with E-state index in [1.807, 2.05) is 18.2 Å². The zero-order valence-electron chi connectivity index (χ0n) is 10.0. The summed E-state index contributed by atoms with van der Waals surface area (Å²) in [6.07, 6.45) is 3.54. The maximum absolute atomic E-state index is 10.9. The van der Waals surface area contributed by atoms with Gasteiger partial charge in [-0.3, -0.25) is 4.79 Å². The smallest absolute Gasteiger partial charge is 0.221 e. The monoisotopic (exact) mass is 231 g/mol. The van der Waals surface area contributed by atoms with Crippen molar-refractivity contribution >= 4 is 16.9 Å². The van der Waals surface area contributed by atoms with Crippen LogP contribution in [0.25, 0.3) is 11.0 Å². The Morgan fingerprint density at radius 1 is 1.35 bits per heavy atom. The Hall–Kier alpha value is -1.77. The molecule has 0 bridgehead atoms. The Labute approximate surface area is 101 Å². The Kier molecular flexibility index (Phi) is 3.47. The summed E-state index contributed by atoms with van der Waals surface area (Å²) in [6, 6.07) is 7.82. The second kappa shape index (κ2) is 5.04. The van der Waals surface area contributed by atoms with Crippen molar-refractivity contribution in [1.82, 2.24) is 0 Å². The van der Waals surface area contributed by atoms with E-state index in [0.29, 0.717) is 0 Å². The number of rotatable bonds is 5. The minimum atomic E-state index is -0.306. The first-order valence-electron chi connectivity index (χ1n) is 5.98. The van der Waals surface area contributed by atoms with Crippen LogP contribution in [-0.2, 0) is 17.6 Å². The Morgan fingerprint density at radius 2 is 2.18 bits per heavy atom. The van der Waals surface area contributed by atoms with Crippen LogP contribution in [0.2, 0.25) is 0 Å². The van der Waals surface area contributed by atoms with Crippen LogP contribution in [0, 0.1) is 0 Å². The third kappa shape index (κ3) is 2.87. The minimum Gasteiger partial charge on any atom is -0.461 e. The fourth-order valence-electron chi connectivity index (χ4n) is 1.93. The lowest BCUT2D eigenvalue weighted by Crippen LogP contribution is -2.13. The normalized spacial score (nSPS) is 10.9. The van der Waals surface area contributed by atoms with Crippen molar-refractivity contribution in [3.05, 3.63) is 35.6 Å². The van der Waals surface area contributed by atoms with E-state index < -0.39 is 0 Å². The molecular weight excluding hydrogens is 214 g/mol. The highest BCUT2D eigenvalue weighted by Crippen LogP contribution is 2.22. The molecule has 0 aliphatic carbocycles. The molecule has 1 heterocycles. The predicted molar refractivity (Wildman–Crippen MR) is 67.7 cm³/mol. The van der Waals surface area contributed by atoms with Crippen LogP contribution in [0.15, 0.2) is 28.7 Å². The zero-order chi connectivity index (χ0) is 12.3. The van der Waals surface area contributed by atoms with E-state index in [1.54, 1.807) is 0 Å². The lowest BCUT2D eigenvalue weighted by molar-refractivity contribution is -0.117. The van der Waals surface area contributed by atoms with Gasteiger partial charge >= 0.3 is 0 Å². The first-order valence-corrected chi connectivity index (χ1v) is 5.98. The van der Waals surface area contributed by atoms with Gasteiger partial charge in [-0.2, -0.15) is 0 Å².